The number of amides is 1. The van der Waals surface area contributed by atoms with Gasteiger partial charge in [-0.15, -0.1) is 0 Å². The second kappa shape index (κ2) is 8.04. The highest BCUT2D eigenvalue weighted by molar-refractivity contribution is 5.92. The van der Waals surface area contributed by atoms with E-state index in [0.29, 0.717) is 25.5 Å². The van der Waals surface area contributed by atoms with Crippen LogP contribution >= 0.6 is 0 Å². The van der Waals surface area contributed by atoms with E-state index in [2.05, 4.69) is 27.3 Å². The van der Waals surface area contributed by atoms with Crippen LogP contribution in [0.5, 0.6) is 0 Å². The van der Waals surface area contributed by atoms with Gasteiger partial charge in [-0.2, -0.15) is 0 Å². The Hall–Kier alpha value is -2.48. The van der Waals surface area contributed by atoms with Crippen LogP contribution in [-0.2, 0) is 24.2 Å². The van der Waals surface area contributed by atoms with Crippen LogP contribution in [0.2, 0.25) is 0 Å². The van der Waals surface area contributed by atoms with Gasteiger partial charge in [0.25, 0.3) is 5.91 Å². The number of fused-ring (bicyclic) bond motifs is 1. The van der Waals surface area contributed by atoms with E-state index in [1.54, 1.807) is 6.07 Å². The van der Waals surface area contributed by atoms with E-state index >= 15 is 0 Å². The van der Waals surface area contributed by atoms with Crippen molar-refractivity contribution in [3.05, 3.63) is 35.0 Å². The SMILES string of the molecule is CCCc1cc(C(=O)N[C@@H]2CCCN(c3ncc4c(n3)CCOC4)C2)no1. The van der Waals surface area contributed by atoms with E-state index in [1.165, 1.54) is 0 Å². The highest BCUT2D eigenvalue weighted by Gasteiger charge is 2.25. The van der Waals surface area contributed by atoms with E-state index in [9.17, 15) is 4.79 Å². The third-order valence-electron chi connectivity index (χ3n) is 5.01. The van der Waals surface area contributed by atoms with Crippen molar-refractivity contribution in [2.45, 2.75) is 51.7 Å². The Labute approximate surface area is 158 Å². The lowest BCUT2D eigenvalue weighted by Gasteiger charge is -2.33. The normalized spacial score (nSPS) is 19.6. The topological polar surface area (TPSA) is 93.4 Å². The van der Waals surface area contributed by atoms with E-state index in [-0.39, 0.29) is 11.9 Å². The minimum Gasteiger partial charge on any atom is -0.376 e. The molecule has 4 heterocycles. The summed E-state index contributed by atoms with van der Waals surface area (Å²) in [6, 6.07) is 1.77. The van der Waals surface area contributed by atoms with Crippen molar-refractivity contribution in [2.24, 2.45) is 0 Å². The Bertz CT molecular complexity index is 806. The number of aromatic nitrogens is 3. The first-order valence-electron chi connectivity index (χ1n) is 9.67. The minimum atomic E-state index is -0.184. The van der Waals surface area contributed by atoms with Gasteiger partial charge in [-0.3, -0.25) is 4.79 Å². The maximum Gasteiger partial charge on any atom is 0.273 e. The number of anilines is 1. The molecule has 1 amide bonds. The van der Waals surface area contributed by atoms with E-state index in [0.717, 1.165) is 61.6 Å². The quantitative estimate of drug-likeness (QED) is 0.858. The van der Waals surface area contributed by atoms with Crippen LogP contribution in [0.25, 0.3) is 0 Å². The zero-order chi connectivity index (χ0) is 18.6. The number of nitrogens with one attached hydrogen (secondary N) is 1. The number of nitrogens with zero attached hydrogens (tertiary/aromatic N) is 4. The van der Waals surface area contributed by atoms with Crippen molar-refractivity contribution in [2.75, 3.05) is 24.6 Å². The second-order valence-electron chi connectivity index (χ2n) is 7.13. The zero-order valence-electron chi connectivity index (χ0n) is 15.6. The van der Waals surface area contributed by atoms with Crippen LogP contribution in [0.1, 0.15) is 53.7 Å². The summed E-state index contributed by atoms with van der Waals surface area (Å²) in [5.41, 5.74) is 2.49. The van der Waals surface area contributed by atoms with Crippen LogP contribution in [-0.4, -0.2) is 46.8 Å². The van der Waals surface area contributed by atoms with Gasteiger partial charge in [-0.1, -0.05) is 12.1 Å². The van der Waals surface area contributed by atoms with Gasteiger partial charge in [0.2, 0.25) is 5.95 Å². The van der Waals surface area contributed by atoms with Crippen LogP contribution in [0, 0.1) is 0 Å². The molecule has 0 radical (unpaired) electrons. The Morgan fingerprint density at radius 3 is 3.26 bits per heavy atom. The minimum absolute atomic E-state index is 0.0422. The molecule has 2 aromatic heterocycles. The molecule has 8 nitrogen and oxygen atoms in total. The smallest absolute Gasteiger partial charge is 0.273 e. The summed E-state index contributed by atoms with van der Waals surface area (Å²) in [5.74, 6) is 1.30. The molecule has 1 saturated heterocycles. The number of aryl methyl sites for hydroxylation is 1. The molecule has 8 heteroatoms. The molecule has 1 fully saturated rings. The number of ether oxygens (including phenoxy) is 1. The molecule has 1 atom stereocenters. The average Bonchev–Trinajstić information content (AvgIpc) is 3.17. The molecule has 0 saturated carbocycles. The summed E-state index contributed by atoms with van der Waals surface area (Å²) in [7, 11) is 0. The Morgan fingerprint density at radius 2 is 2.37 bits per heavy atom. The van der Waals surface area contributed by atoms with Crippen molar-refractivity contribution >= 4 is 11.9 Å². The molecule has 4 rings (SSSR count). The number of piperidine rings is 1. The standard InChI is InChI=1S/C19H25N5O3/c1-2-4-15-9-17(23-27-15)18(25)21-14-5-3-7-24(11-14)19-20-10-13-12-26-8-6-16(13)22-19/h9-10,14H,2-8,11-12H2,1H3,(H,21,25)/t14-/m1/s1. The third-order valence-corrected chi connectivity index (χ3v) is 5.01. The molecular weight excluding hydrogens is 346 g/mol. The summed E-state index contributed by atoms with van der Waals surface area (Å²) in [6.45, 7) is 4.95. The fourth-order valence-corrected chi connectivity index (χ4v) is 3.59. The molecule has 2 aliphatic rings. The van der Waals surface area contributed by atoms with Gasteiger partial charge >= 0.3 is 0 Å². The maximum absolute atomic E-state index is 12.5. The molecule has 2 aliphatic heterocycles. The van der Waals surface area contributed by atoms with E-state index in [1.807, 2.05) is 6.20 Å². The highest BCUT2D eigenvalue weighted by Crippen LogP contribution is 2.20. The van der Waals surface area contributed by atoms with Gasteiger partial charge in [-0.05, 0) is 19.3 Å². The Balaban J connectivity index is 1.39. The number of rotatable bonds is 5. The summed E-state index contributed by atoms with van der Waals surface area (Å²) < 4.78 is 10.7. The molecule has 2 aromatic rings. The first kappa shape index (κ1) is 17.9. The van der Waals surface area contributed by atoms with Gasteiger partial charge in [-0.25, -0.2) is 9.97 Å². The third kappa shape index (κ3) is 4.10. The van der Waals surface area contributed by atoms with Gasteiger partial charge in [0.15, 0.2) is 5.69 Å². The monoisotopic (exact) mass is 371 g/mol. The summed E-state index contributed by atoms with van der Waals surface area (Å²) in [4.78, 5) is 23.8. The predicted molar refractivity (Wildman–Crippen MR) is 98.6 cm³/mol. The second-order valence-corrected chi connectivity index (χ2v) is 7.13. The van der Waals surface area contributed by atoms with Crippen molar-refractivity contribution in [1.82, 2.24) is 20.4 Å². The lowest BCUT2D eigenvalue weighted by molar-refractivity contribution is 0.0923. The van der Waals surface area contributed by atoms with Crippen molar-refractivity contribution < 1.29 is 14.1 Å². The lowest BCUT2D eigenvalue weighted by Crippen LogP contribution is -2.48. The summed E-state index contributed by atoms with van der Waals surface area (Å²) in [5, 5.41) is 6.96. The van der Waals surface area contributed by atoms with Gasteiger partial charge in [0.1, 0.15) is 5.76 Å². The maximum atomic E-state index is 12.5. The number of hydrogen-bond donors (Lipinski definition) is 1. The van der Waals surface area contributed by atoms with Crippen molar-refractivity contribution in [3.8, 4) is 0 Å². The Kier molecular flexibility index (Phi) is 5.33. The molecule has 0 spiro atoms. The molecular formula is C19H25N5O3. The number of carbonyl (C=O) groups excluding carboxylic acids is 1. The van der Waals surface area contributed by atoms with Gasteiger partial charge in [0, 0.05) is 49.8 Å². The summed E-state index contributed by atoms with van der Waals surface area (Å²) in [6.07, 6.45) is 6.35. The van der Waals surface area contributed by atoms with Crippen LogP contribution in [0.15, 0.2) is 16.8 Å². The Morgan fingerprint density at radius 1 is 1.44 bits per heavy atom. The van der Waals surface area contributed by atoms with Gasteiger partial charge < -0.3 is 19.5 Å². The molecule has 0 aromatic carbocycles. The molecule has 0 aliphatic carbocycles. The average molecular weight is 371 g/mol. The fraction of sp³-hybridized carbons (Fsp3) is 0.579. The van der Waals surface area contributed by atoms with Crippen LogP contribution in [0.4, 0.5) is 5.95 Å². The zero-order valence-corrected chi connectivity index (χ0v) is 15.6. The van der Waals surface area contributed by atoms with Gasteiger partial charge in [0.05, 0.1) is 18.9 Å². The van der Waals surface area contributed by atoms with E-state index in [4.69, 9.17) is 14.2 Å². The number of carbonyl (C=O) groups is 1. The fourth-order valence-electron chi connectivity index (χ4n) is 3.59. The molecule has 27 heavy (non-hydrogen) atoms. The molecule has 0 bridgehead atoms. The molecule has 1 N–H and O–H groups in total. The van der Waals surface area contributed by atoms with Crippen molar-refractivity contribution in [1.29, 1.82) is 0 Å². The predicted octanol–water partition coefficient (Wildman–Crippen LogP) is 1.89. The summed E-state index contributed by atoms with van der Waals surface area (Å²) >= 11 is 0. The van der Waals surface area contributed by atoms with E-state index < -0.39 is 0 Å². The largest absolute Gasteiger partial charge is 0.376 e. The molecule has 144 valence electrons. The van der Waals surface area contributed by atoms with Crippen LogP contribution < -0.4 is 10.2 Å². The van der Waals surface area contributed by atoms with Crippen molar-refractivity contribution in [3.63, 3.8) is 0 Å². The highest BCUT2D eigenvalue weighted by atomic mass is 16.5. The first-order valence-corrected chi connectivity index (χ1v) is 9.67. The first-order chi connectivity index (χ1) is 13.2. The molecule has 0 unspecified atom stereocenters. The van der Waals surface area contributed by atoms with Crippen LogP contribution in [0.3, 0.4) is 0 Å². The number of hydrogen-bond acceptors (Lipinski definition) is 7. The lowest BCUT2D eigenvalue weighted by atomic mass is 10.1.